The largest absolute Gasteiger partial charge is 0.383 e. The summed E-state index contributed by atoms with van der Waals surface area (Å²) in [6.45, 7) is 0.347. The number of H-pyrrole nitrogens is 1. The molecule has 178 valence electrons. The standard InChI is InChI=1S/C29H26F2N2O2/c1-33(2)17-16-29(35,24-14-9-15-25(30)27(24)31)26(21-12-7-4-8-13-21)23-18-22(19-32-28(23)34)20-10-5-3-6-11-20/h3-8,10-13,15,18-19,26,35H,16-17H2,1-2H3,(H,32,34). The summed E-state index contributed by atoms with van der Waals surface area (Å²) >= 11 is 0. The maximum Gasteiger partial charge on any atom is 0.251 e. The lowest BCUT2D eigenvalue weighted by molar-refractivity contribution is 0.0439. The molecule has 4 nitrogen and oxygen atoms in total. The van der Waals surface area contributed by atoms with Gasteiger partial charge in [0.15, 0.2) is 11.7 Å². The second-order valence-corrected chi connectivity index (χ2v) is 8.81. The number of allylic oxidation sites excluding steroid dienone is 2. The van der Waals surface area contributed by atoms with Crippen LogP contribution >= 0.6 is 0 Å². The van der Waals surface area contributed by atoms with E-state index >= 15 is 4.39 Å². The molecule has 0 aliphatic heterocycles. The number of nitrogens with zero attached hydrogens (tertiary/aromatic N) is 1. The molecule has 4 rings (SSSR count). The van der Waals surface area contributed by atoms with Crippen LogP contribution in [0.5, 0.6) is 0 Å². The fourth-order valence-corrected chi connectivity index (χ4v) is 4.39. The average Bonchev–Trinajstić information content (AvgIpc) is 2.87. The monoisotopic (exact) mass is 472 g/mol. The first-order chi connectivity index (χ1) is 16.8. The SMILES string of the molecule is CN(C)CCC(O)(C1=C=C=CC(F)=C1F)C(c1ccccc1)c1cc(-c2ccccc2)c[nH]c1=O. The lowest BCUT2D eigenvalue weighted by Crippen LogP contribution is -2.44. The normalized spacial score (nSPS) is 15.8. The van der Waals surface area contributed by atoms with E-state index in [1.54, 1.807) is 36.5 Å². The van der Waals surface area contributed by atoms with Gasteiger partial charge in [0.25, 0.3) is 5.56 Å². The third kappa shape index (κ3) is 5.02. The number of aromatic nitrogens is 1. The minimum atomic E-state index is -2.00. The zero-order valence-electron chi connectivity index (χ0n) is 19.6. The van der Waals surface area contributed by atoms with Crippen molar-refractivity contribution >= 4 is 0 Å². The molecule has 0 radical (unpaired) electrons. The molecule has 0 fully saturated rings. The van der Waals surface area contributed by atoms with E-state index in [1.165, 1.54) is 0 Å². The quantitative estimate of drug-likeness (QED) is 0.440. The predicted molar refractivity (Wildman–Crippen MR) is 133 cm³/mol. The van der Waals surface area contributed by atoms with Crippen molar-refractivity contribution in [1.82, 2.24) is 9.88 Å². The Hall–Kier alpha value is -3.79. The smallest absolute Gasteiger partial charge is 0.251 e. The van der Waals surface area contributed by atoms with Gasteiger partial charge in [-0.05, 0) is 43.3 Å². The molecule has 0 amide bonds. The Balaban J connectivity index is 2.00. The molecule has 2 atom stereocenters. The maximum atomic E-state index is 15.2. The van der Waals surface area contributed by atoms with Crippen LogP contribution < -0.4 is 5.56 Å². The molecule has 0 bridgehead atoms. The van der Waals surface area contributed by atoms with Gasteiger partial charge in [-0.1, -0.05) is 72.1 Å². The Morgan fingerprint density at radius 1 is 1.03 bits per heavy atom. The Morgan fingerprint density at radius 3 is 2.34 bits per heavy atom. The summed E-state index contributed by atoms with van der Waals surface area (Å²) in [5, 5.41) is 12.3. The molecule has 2 N–H and O–H groups in total. The van der Waals surface area contributed by atoms with Gasteiger partial charge in [0.2, 0.25) is 0 Å². The van der Waals surface area contributed by atoms with Crippen LogP contribution in [0.1, 0.15) is 23.5 Å². The van der Waals surface area contributed by atoms with Crippen LogP contribution in [-0.2, 0) is 0 Å². The van der Waals surface area contributed by atoms with Crippen molar-refractivity contribution in [3.05, 3.63) is 129 Å². The summed E-state index contributed by atoms with van der Waals surface area (Å²) in [7, 11) is 3.64. The third-order valence-corrected chi connectivity index (χ3v) is 6.16. The molecule has 35 heavy (non-hydrogen) atoms. The first kappa shape index (κ1) is 24.3. The van der Waals surface area contributed by atoms with E-state index in [0.717, 1.165) is 17.2 Å². The van der Waals surface area contributed by atoms with Gasteiger partial charge in [-0.25, -0.2) is 8.78 Å². The number of nitrogens with one attached hydrogen (secondary N) is 1. The van der Waals surface area contributed by atoms with Crippen molar-refractivity contribution in [2.45, 2.75) is 17.9 Å². The van der Waals surface area contributed by atoms with Gasteiger partial charge in [-0.15, -0.1) is 0 Å². The average molecular weight is 473 g/mol. The highest BCUT2D eigenvalue weighted by Gasteiger charge is 2.46. The summed E-state index contributed by atoms with van der Waals surface area (Å²) in [5.41, 5.74) is 4.70. The molecular weight excluding hydrogens is 446 g/mol. The molecule has 1 aromatic heterocycles. The highest BCUT2D eigenvalue weighted by atomic mass is 19.2. The van der Waals surface area contributed by atoms with Crippen LogP contribution in [0.15, 0.2) is 112 Å². The van der Waals surface area contributed by atoms with E-state index in [1.807, 2.05) is 55.4 Å². The number of rotatable bonds is 8. The minimum absolute atomic E-state index is 0.0132. The highest BCUT2D eigenvalue weighted by molar-refractivity contribution is 5.64. The second kappa shape index (κ2) is 10.2. The summed E-state index contributed by atoms with van der Waals surface area (Å²) in [6.07, 6.45) is 2.45. The summed E-state index contributed by atoms with van der Waals surface area (Å²) in [6, 6.07) is 20.1. The molecule has 1 heterocycles. The first-order valence-electron chi connectivity index (χ1n) is 11.3. The van der Waals surface area contributed by atoms with Crippen LogP contribution in [0, 0.1) is 0 Å². The van der Waals surface area contributed by atoms with Crippen LogP contribution in [0.4, 0.5) is 8.78 Å². The van der Waals surface area contributed by atoms with Crippen molar-refractivity contribution in [3.8, 4) is 11.1 Å². The molecule has 0 saturated heterocycles. The van der Waals surface area contributed by atoms with Gasteiger partial charge < -0.3 is 15.0 Å². The summed E-state index contributed by atoms with van der Waals surface area (Å²) in [5.74, 6) is -3.36. The highest BCUT2D eigenvalue weighted by Crippen LogP contribution is 2.45. The van der Waals surface area contributed by atoms with E-state index in [9.17, 15) is 14.3 Å². The molecule has 2 unspecified atom stereocenters. The number of aliphatic hydroxyl groups is 1. The minimum Gasteiger partial charge on any atom is -0.383 e. The zero-order chi connectivity index (χ0) is 25.0. The number of pyridine rings is 1. The van der Waals surface area contributed by atoms with Crippen LogP contribution in [0.25, 0.3) is 11.1 Å². The van der Waals surface area contributed by atoms with Gasteiger partial charge >= 0.3 is 0 Å². The van der Waals surface area contributed by atoms with Crippen molar-refractivity contribution in [2.24, 2.45) is 0 Å². The van der Waals surface area contributed by atoms with Gasteiger partial charge in [-0.3, -0.25) is 4.79 Å². The van der Waals surface area contributed by atoms with Crippen molar-refractivity contribution < 1.29 is 13.9 Å². The van der Waals surface area contributed by atoms with Gasteiger partial charge in [-0.2, -0.15) is 0 Å². The molecule has 2 aromatic carbocycles. The van der Waals surface area contributed by atoms with Crippen molar-refractivity contribution in [2.75, 3.05) is 20.6 Å². The van der Waals surface area contributed by atoms with Gasteiger partial charge in [0.05, 0.1) is 5.57 Å². The summed E-state index contributed by atoms with van der Waals surface area (Å²) in [4.78, 5) is 17.8. The fraction of sp³-hybridized carbons (Fsp3) is 0.207. The van der Waals surface area contributed by atoms with Crippen molar-refractivity contribution in [1.29, 1.82) is 0 Å². The molecule has 0 saturated carbocycles. The molecular formula is C29H26F2N2O2. The molecule has 0 spiro atoms. The molecule has 6 heteroatoms. The number of hydrogen-bond acceptors (Lipinski definition) is 3. The fourth-order valence-electron chi connectivity index (χ4n) is 4.39. The van der Waals surface area contributed by atoms with E-state index in [4.69, 9.17) is 0 Å². The van der Waals surface area contributed by atoms with Crippen LogP contribution in [0.2, 0.25) is 0 Å². The third-order valence-electron chi connectivity index (χ3n) is 6.16. The lowest BCUT2D eigenvalue weighted by atomic mass is 9.71. The Kier molecular flexibility index (Phi) is 7.11. The Bertz CT molecular complexity index is 1400. The lowest BCUT2D eigenvalue weighted by Gasteiger charge is -2.38. The first-order valence-corrected chi connectivity index (χ1v) is 11.3. The van der Waals surface area contributed by atoms with Crippen LogP contribution in [-0.4, -0.2) is 41.2 Å². The van der Waals surface area contributed by atoms with E-state index in [-0.39, 0.29) is 17.6 Å². The molecule has 1 aliphatic rings. The van der Waals surface area contributed by atoms with E-state index in [0.29, 0.717) is 12.1 Å². The van der Waals surface area contributed by atoms with E-state index in [2.05, 4.69) is 16.4 Å². The number of halogens is 2. The van der Waals surface area contributed by atoms with Crippen molar-refractivity contribution in [3.63, 3.8) is 0 Å². The number of aromatic amines is 1. The number of hydrogen-bond donors (Lipinski definition) is 2. The molecule has 3 aromatic rings. The molecule has 1 aliphatic carbocycles. The van der Waals surface area contributed by atoms with Crippen LogP contribution in [0.3, 0.4) is 0 Å². The van der Waals surface area contributed by atoms with Gasteiger partial charge in [0.1, 0.15) is 5.60 Å². The maximum absolute atomic E-state index is 15.2. The second-order valence-electron chi connectivity index (χ2n) is 8.81. The Morgan fingerprint density at radius 2 is 1.69 bits per heavy atom. The Labute approximate surface area is 202 Å². The van der Waals surface area contributed by atoms with E-state index < -0.39 is 28.7 Å². The van der Waals surface area contributed by atoms with Gasteiger partial charge in [0, 0.05) is 30.3 Å². The number of benzene rings is 2. The zero-order valence-corrected chi connectivity index (χ0v) is 19.6. The predicted octanol–water partition coefficient (Wildman–Crippen LogP) is 5.26. The summed E-state index contributed by atoms with van der Waals surface area (Å²) < 4.78 is 29.5. The topological polar surface area (TPSA) is 56.3 Å².